The number of ketones is 1. The van der Waals surface area contributed by atoms with E-state index in [-0.39, 0.29) is 12.2 Å². The van der Waals surface area contributed by atoms with Gasteiger partial charge in [-0.05, 0) is 37.0 Å². The van der Waals surface area contributed by atoms with E-state index in [0.717, 1.165) is 16.7 Å². The van der Waals surface area contributed by atoms with E-state index >= 15 is 0 Å². The molecule has 1 aliphatic carbocycles. The third kappa shape index (κ3) is 4.44. The fourth-order valence-electron chi connectivity index (χ4n) is 6.26. The normalized spacial score (nSPS) is 23.8. The standard InChI is InChI=1S/C35H30N2O2/c1-24-13-17-26(18-14-24)30-21-35(39,29-11-7-4-8-12-29)32(33(38)28-9-5-3-6-10-28)31(34(30,22-36)23-37)27-19-15-25(2)16-20-27/h3-20,30-32,39H,21H2,1-2H3/t30-,31-,32+,35-/m0/s1. The molecule has 4 aromatic rings. The quantitative estimate of drug-likeness (QED) is 0.293. The monoisotopic (exact) mass is 510 g/mol. The molecule has 4 heteroatoms. The summed E-state index contributed by atoms with van der Waals surface area (Å²) >= 11 is 0. The Bertz CT molecular complexity index is 1530. The molecular formula is C35H30N2O2. The highest BCUT2D eigenvalue weighted by molar-refractivity contribution is 5.99. The Hall–Kier alpha value is -4.51. The van der Waals surface area contributed by atoms with Crippen molar-refractivity contribution in [1.82, 2.24) is 0 Å². The summed E-state index contributed by atoms with van der Waals surface area (Å²) in [5.74, 6) is -2.91. The van der Waals surface area contributed by atoms with Gasteiger partial charge in [-0.25, -0.2) is 0 Å². The van der Waals surface area contributed by atoms with Crippen molar-refractivity contribution in [2.75, 3.05) is 0 Å². The SMILES string of the molecule is Cc1ccc([C@@H]2C[C@](O)(c3ccccc3)[C@@H](C(=O)c3ccccc3)[C@H](c3ccc(C)cc3)C2(C#N)C#N)cc1. The van der Waals surface area contributed by atoms with Crippen molar-refractivity contribution in [3.05, 3.63) is 143 Å². The van der Waals surface area contributed by atoms with Crippen LogP contribution < -0.4 is 0 Å². The molecule has 4 nitrogen and oxygen atoms in total. The van der Waals surface area contributed by atoms with Crippen molar-refractivity contribution < 1.29 is 9.90 Å². The minimum absolute atomic E-state index is 0.0484. The summed E-state index contributed by atoms with van der Waals surface area (Å²) in [6.45, 7) is 3.95. The van der Waals surface area contributed by atoms with Gasteiger partial charge in [-0.3, -0.25) is 4.79 Å². The minimum atomic E-state index is -1.64. The molecule has 1 N–H and O–H groups in total. The van der Waals surface area contributed by atoms with Crippen molar-refractivity contribution in [3.63, 3.8) is 0 Å². The highest BCUT2D eigenvalue weighted by atomic mass is 16.3. The number of rotatable bonds is 5. The lowest BCUT2D eigenvalue weighted by molar-refractivity contribution is -0.0783. The van der Waals surface area contributed by atoms with Crippen LogP contribution in [0.2, 0.25) is 0 Å². The Balaban J connectivity index is 1.85. The van der Waals surface area contributed by atoms with Gasteiger partial charge in [-0.2, -0.15) is 10.5 Å². The molecule has 0 saturated heterocycles. The highest BCUT2D eigenvalue weighted by Gasteiger charge is 2.64. The molecule has 4 atom stereocenters. The van der Waals surface area contributed by atoms with E-state index in [9.17, 15) is 20.4 Å². The van der Waals surface area contributed by atoms with Gasteiger partial charge in [0.25, 0.3) is 0 Å². The Morgan fingerprint density at radius 3 is 1.74 bits per heavy atom. The van der Waals surface area contributed by atoms with Gasteiger partial charge in [0.15, 0.2) is 11.2 Å². The summed E-state index contributed by atoms with van der Waals surface area (Å²) in [6, 6.07) is 38.3. The topological polar surface area (TPSA) is 84.9 Å². The average Bonchev–Trinajstić information content (AvgIpc) is 2.98. The zero-order valence-corrected chi connectivity index (χ0v) is 22.1. The van der Waals surface area contributed by atoms with Gasteiger partial charge in [0.2, 0.25) is 0 Å². The summed E-state index contributed by atoms with van der Waals surface area (Å²) in [5.41, 5.74) is 1.33. The third-order valence-corrected chi connectivity index (χ3v) is 8.30. The number of Topliss-reactive ketones (excluding diaryl/α,β-unsaturated/α-hetero) is 1. The molecule has 5 rings (SSSR count). The van der Waals surface area contributed by atoms with Crippen LogP contribution in [0.15, 0.2) is 109 Å². The molecule has 1 aliphatic rings. The Kier molecular flexibility index (Phi) is 6.92. The molecule has 1 fully saturated rings. The van der Waals surface area contributed by atoms with Crippen LogP contribution in [0.3, 0.4) is 0 Å². The molecule has 0 heterocycles. The highest BCUT2D eigenvalue weighted by Crippen LogP contribution is 2.63. The van der Waals surface area contributed by atoms with E-state index < -0.39 is 28.8 Å². The smallest absolute Gasteiger partial charge is 0.169 e. The van der Waals surface area contributed by atoms with Crippen LogP contribution in [0.25, 0.3) is 0 Å². The zero-order chi connectivity index (χ0) is 27.6. The number of nitrogens with zero attached hydrogens (tertiary/aromatic N) is 2. The van der Waals surface area contributed by atoms with Crippen molar-refractivity contribution >= 4 is 5.78 Å². The number of nitriles is 2. The second kappa shape index (κ2) is 10.3. The van der Waals surface area contributed by atoms with Crippen molar-refractivity contribution in [2.24, 2.45) is 11.3 Å². The lowest BCUT2D eigenvalue weighted by Gasteiger charge is -2.53. The van der Waals surface area contributed by atoms with Gasteiger partial charge in [0.1, 0.15) is 5.60 Å². The van der Waals surface area contributed by atoms with E-state index in [1.807, 2.05) is 98.8 Å². The maximum atomic E-state index is 14.5. The third-order valence-electron chi connectivity index (χ3n) is 8.30. The predicted octanol–water partition coefficient (Wildman–Crippen LogP) is 7.00. The fraction of sp³-hybridized carbons (Fsp3) is 0.229. The Morgan fingerprint density at radius 2 is 1.23 bits per heavy atom. The van der Waals surface area contributed by atoms with E-state index in [1.54, 1.807) is 24.3 Å². The summed E-state index contributed by atoms with van der Waals surface area (Å²) in [4.78, 5) is 14.5. The summed E-state index contributed by atoms with van der Waals surface area (Å²) in [6.07, 6.45) is 0.0484. The summed E-state index contributed by atoms with van der Waals surface area (Å²) in [7, 11) is 0. The molecule has 0 unspecified atom stereocenters. The number of carbonyl (C=O) groups is 1. The molecule has 39 heavy (non-hydrogen) atoms. The summed E-state index contributed by atoms with van der Waals surface area (Å²) in [5, 5.41) is 34.5. The minimum Gasteiger partial charge on any atom is -0.384 e. The van der Waals surface area contributed by atoms with Gasteiger partial charge >= 0.3 is 0 Å². The molecule has 192 valence electrons. The molecule has 1 saturated carbocycles. The Labute approximate surface area is 229 Å². The second-order valence-corrected chi connectivity index (χ2v) is 10.6. The van der Waals surface area contributed by atoms with Crippen LogP contribution in [0, 0.1) is 47.8 Å². The van der Waals surface area contributed by atoms with Crippen LogP contribution in [0.4, 0.5) is 0 Å². The lowest BCUT2D eigenvalue weighted by atomic mass is 9.48. The molecule has 0 radical (unpaired) electrons. The maximum absolute atomic E-state index is 14.5. The van der Waals surface area contributed by atoms with Gasteiger partial charge in [0.05, 0.1) is 18.1 Å². The zero-order valence-electron chi connectivity index (χ0n) is 22.1. The molecule has 4 aromatic carbocycles. The number of carbonyl (C=O) groups excluding carboxylic acids is 1. The number of hydrogen-bond donors (Lipinski definition) is 1. The van der Waals surface area contributed by atoms with Gasteiger partial charge in [-0.15, -0.1) is 0 Å². The molecular weight excluding hydrogens is 480 g/mol. The van der Waals surface area contributed by atoms with Crippen LogP contribution in [-0.2, 0) is 5.60 Å². The lowest BCUT2D eigenvalue weighted by Crippen LogP contribution is -2.55. The number of aliphatic hydroxyl groups is 1. The summed E-state index contributed by atoms with van der Waals surface area (Å²) < 4.78 is 0. The molecule has 0 aliphatic heterocycles. The van der Waals surface area contributed by atoms with E-state index in [0.29, 0.717) is 16.7 Å². The molecule has 0 aromatic heterocycles. The van der Waals surface area contributed by atoms with Crippen molar-refractivity contribution in [1.29, 1.82) is 10.5 Å². The second-order valence-electron chi connectivity index (χ2n) is 10.6. The first kappa shape index (κ1) is 26.1. The predicted molar refractivity (Wildman–Crippen MR) is 151 cm³/mol. The van der Waals surface area contributed by atoms with E-state index in [2.05, 4.69) is 12.1 Å². The van der Waals surface area contributed by atoms with Gasteiger partial charge < -0.3 is 5.11 Å². The van der Waals surface area contributed by atoms with E-state index in [1.165, 1.54) is 0 Å². The van der Waals surface area contributed by atoms with Crippen LogP contribution >= 0.6 is 0 Å². The Morgan fingerprint density at radius 1 is 0.744 bits per heavy atom. The molecule has 0 spiro atoms. The van der Waals surface area contributed by atoms with Gasteiger partial charge in [-0.1, -0.05) is 120 Å². The number of benzene rings is 4. The largest absolute Gasteiger partial charge is 0.384 e. The molecule has 0 amide bonds. The first-order valence-electron chi connectivity index (χ1n) is 13.2. The average molecular weight is 511 g/mol. The maximum Gasteiger partial charge on any atom is 0.169 e. The first-order valence-corrected chi connectivity index (χ1v) is 13.2. The van der Waals surface area contributed by atoms with E-state index in [4.69, 9.17) is 0 Å². The van der Waals surface area contributed by atoms with Crippen LogP contribution in [-0.4, -0.2) is 10.9 Å². The first-order chi connectivity index (χ1) is 18.8. The van der Waals surface area contributed by atoms with Gasteiger partial charge in [0, 0.05) is 17.4 Å². The van der Waals surface area contributed by atoms with Crippen LogP contribution in [0.1, 0.15) is 56.4 Å². The number of aryl methyl sites for hydroxylation is 2. The van der Waals surface area contributed by atoms with Crippen molar-refractivity contribution in [3.8, 4) is 12.1 Å². The fourth-order valence-corrected chi connectivity index (χ4v) is 6.26. The number of hydrogen-bond acceptors (Lipinski definition) is 4. The molecule has 0 bridgehead atoms. The van der Waals surface area contributed by atoms with Crippen molar-refractivity contribution in [2.45, 2.75) is 37.7 Å². The van der Waals surface area contributed by atoms with Crippen LogP contribution in [0.5, 0.6) is 0 Å².